The van der Waals surface area contributed by atoms with Crippen LogP contribution < -0.4 is 0 Å². The van der Waals surface area contributed by atoms with Gasteiger partial charge in [0.05, 0.1) is 17.7 Å². The molecule has 1 aliphatic carbocycles. The number of ketones is 2. The summed E-state index contributed by atoms with van der Waals surface area (Å²) in [5, 5.41) is 21.2. The van der Waals surface area contributed by atoms with Crippen LogP contribution in [-0.2, 0) is 20.7 Å². The summed E-state index contributed by atoms with van der Waals surface area (Å²) in [5.74, 6) is -2.72. The molecule has 0 radical (unpaired) electrons. The maximum absolute atomic E-state index is 12.9. The zero-order chi connectivity index (χ0) is 21.0. The predicted molar refractivity (Wildman–Crippen MR) is 101 cm³/mol. The van der Waals surface area contributed by atoms with E-state index in [0.29, 0.717) is 6.29 Å². The van der Waals surface area contributed by atoms with E-state index in [1.807, 2.05) is 0 Å². The Morgan fingerprint density at radius 2 is 1.69 bits per heavy atom. The number of hydrogen-bond acceptors (Lipinski definition) is 7. The van der Waals surface area contributed by atoms with Crippen LogP contribution in [0.15, 0.2) is 30.3 Å². The average Bonchev–Trinajstić information content (AvgIpc) is 3.02. The number of ether oxygens (including phenoxy) is 2. The molecule has 1 atom stereocenters. The van der Waals surface area contributed by atoms with Gasteiger partial charge >= 0.3 is 0 Å². The Bertz CT molecular complexity index is 1050. The van der Waals surface area contributed by atoms with Gasteiger partial charge in [0.2, 0.25) is 0 Å². The van der Waals surface area contributed by atoms with Crippen LogP contribution in [0.3, 0.4) is 0 Å². The first kappa shape index (κ1) is 19.3. The molecule has 4 rings (SSSR count). The molecular weight excluding hydrogens is 376 g/mol. The van der Waals surface area contributed by atoms with E-state index in [1.54, 1.807) is 26.0 Å². The molecule has 7 nitrogen and oxygen atoms in total. The lowest BCUT2D eigenvalue weighted by Gasteiger charge is -2.25. The summed E-state index contributed by atoms with van der Waals surface area (Å²) in [6.07, 6.45) is 0.973. The quantitative estimate of drug-likeness (QED) is 0.515. The average molecular weight is 396 g/mol. The van der Waals surface area contributed by atoms with E-state index in [1.165, 1.54) is 18.2 Å². The number of hydrogen-bond donors (Lipinski definition) is 2. The fourth-order valence-corrected chi connectivity index (χ4v) is 3.93. The molecule has 2 aromatic rings. The van der Waals surface area contributed by atoms with Crippen molar-refractivity contribution in [3.05, 3.63) is 58.1 Å². The Morgan fingerprint density at radius 3 is 2.24 bits per heavy atom. The van der Waals surface area contributed by atoms with E-state index in [2.05, 4.69) is 0 Å². The SMILES string of the molecule is CC1(C)OC[C@](C=O)(CCc2cc(O)c3c(c2O)C(=O)c2ccccc2C3=O)O1. The molecule has 1 saturated heterocycles. The Kier molecular flexibility index (Phi) is 4.33. The molecule has 29 heavy (non-hydrogen) atoms. The molecule has 0 saturated carbocycles. The van der Waals surface area contributed by atoms with Gasteiger partial charge in [-0.15, -0.1) is 0 Å². The van der Waals surface area contributed by atoms with Crippen LogP contribution in [0.1, 0.15) is 57.7 Å². The summed E-state index contributed by atoms with van der Waals surface area (Å²) in [7, 11) is 0. The second-order valence-electron chi connectivity index (χ2n) is 7.83. The highest BCUT2D eigenvalue weighted by atomic mass is 16.8. The second kappa shape index (κ2) is 6.50. The van der Waals surface area contributed by atoms with Crippen molar-refractivity contribution in [2.24, 2.45) is 0 Å². The summed E-state index contributed by atoms with van der Waals surface area (Å²) >= 11 is 0. The normalized spacial score (nSPS) is 22.3. The molecule has 1 fully saturated rings. The van der Waals surface area contributed by atoms with Gasteiger partial charge in [-0.2, -0.15) is 0 Å². The number of aromatic hydroxyl groups is 2. The molecule has 0 bridgehead atoms. The third-order valence-electron chi connectivity index (χ3n) is 5.37. The van der Waals surface area contributed by atoms with Crippen LogP contribution in [0.2, 0.25) is 0 Å². The maximum Gasteiger partial charge on any atom is 0.198 e. The summed E-state index contributed by atoms with van der Waals surface area (Å²) in [4.78, 5) is 37.3. The number of aldehydes is 1. The van der Waals surface area contributed by atoms with Crippen molar-refractivity contribution in [3.63, 3.8) is 0 Å². The number of fused-ring (bicyclic) bond motifs is 2. The molecule has 2 aliphatic rings. The molecule has 2 N–H and O–H groups in total. The Labute approximate surface area is 166 Å². The van der Waals surface area contributed by atoms with Gasteiger partial charge in [-0.05, 0) is 38.3 Å². The van der Waals surface area contributed by atoms with Gasteiger partial charge in [0.1, 0.15) is 11.5 Å². The lowest BCUT2D eigenvalue weighted by Crippen LogP contribution is -2.36. The lowest BCUT2D eigenvalue weighted by molar-refractivity contribution is -0.166. The number of rotatable bonds is 4. The van der Waals surface area contributed by atoms with E-state index in [-0.39, 0.29) is 58.8 Å². The molecule has 1 aliphatic heterocycles. The molecule has 0 spiro atoms. The highest BCUT2D eigenvalue weighted by Gasteiger charge is 2.45. The van der Waals surface area contributed by atoms with Crippen molar-refractivity contribution < 1.29 is 34.1 Å². The Hall–Kier alpha value is -3.03. The van der Waals surface area contributed by atoms with Crippen molar-refractivity contribution in [3.8, 4) is 11.5 Å². The van der Waals surface area contributed by atoms with Crippen molar-refractivity contribution in [1.29, 1.82) is 0 Å². The Morgan fingerprint density at radius 1 is 1.07 bits per heavy atom. The van der Waals surface area contributed by atoms with E-state index >= 15 is 0 Å². The Balaban J connectivity index is 1.71. The van der Waals surface area contributed by atoms with Gasteiger partial charge in [-0.1, -0.05) is 24.3 Å². The summed E-state index contributed by atoms with van der Waals surface area (Å²) in [6, 6.07) is 7.53. The van der Waals surface area contributed by atoms with E-state index < -0.39 is 23.0 Å². The fourth-order valence-electron chi connectivity index (χ4n) is 3.93. The third kappa shape index (κ3) is 3.03. The first-order chi connectivity index (χ1) is 13.7. The highest BCUT2D eigenvalue weighted by Crippen LogP contribution is 2.41. The predicted octanol–water partition coefficient (Wildman–Crippen LogP) is 2.53. The standard InChI is InChI=1S/C22H20O7/c1-21(2)28-11-22(10-23,29-21)8-7-12-9-15(24)16-17(18(12)25)20(27)14-6-4-3-5-13(14)19(16)26/h3-6,9-10,24-25H,7-8,11H2,1-2H3/t22-/m1/s1. The molecule has 150 valence electrons. The molecule has 0 aromatic heterocycles. The molecule has 0 unspecified atom stereocenters. The zero-order valence-corrected chi connectivity index (χ0v) is 16.0. The third-order valence-corrected chi connectivity index (χ3v) is 5.37. The number of carbonyl (C=O) groups excluding carboxylic acids is 3. The van der Waals surface area contributed by atoms with Crippen LogP contribution in [-0.4, -0.2) is 46.1 Å². The van der Waals surface area contributed by atoms with Crippen LogP contribution in [0.25, 0.3) is 0 Å². The van der Waals surface area contributed by atoms with Gasteiger partial charge in [0.25, 0.3) is 0 Å². The first-order valence-corrected chi connectivity index (χ1v) is 9.25. The van der Waals surface area contributed by atoms with Crippen molar-refractivity contribution in [1.82, 2.24) is 0 Å². The van der Waals surface area contributed by atoms with Crippen molar-refractivity contribution >= 4 is 17.9 Å². The molecule has 0 amide bonds. The van der Waals surface area contributed by atoms with Gasteiger partial charge in [0.15, 0.2) is 29.2 Å². The zero-order valence-electron chi connectivity index (χ0n) is 16.0. The van der Waals surface area contributed by atoms with Crippen molar-refractivity contribution in [2.75, 3.05) is 6.61 Å². The van der Waals surface area contributed by atoms with Gasteiger partial charge in [-0.3, -0.25) is 9.59 Å². The van der Waals surface area contributed by atoms with Crippen LogP contribution in [0, 0.1) is 0 Å². The summed E-state index contributed by atoms with van der Waals surface area (Å²) < 4.78 is 11.2. The van der Waals surface area contributed by atoms with Gasteiger partial charge < -0.3 is 24.5 Å². The minimum atomic E-state index is -1.19. The van der Waals surface area contributed by atoms with Gasteiger partial charge in [-0.25, -0.2) is 0 Å². The van der Waals surface area contributed by atoms with Gasteiger partial charge in [0, 0.05) is 11.1 Å². The lowest BCUT2D eigenvalue weighted by atomic mass is 9.81. The van der Waals surface area contributed by atoms with E-state index in [0.717, 1.165) is 0 Å². The molecule has 2 aromatic carbocycles. The van der Waals surface area contributed by atoms with Crippen LogP contribution in [0.4, 0.5) is 0 Å². The maximum atomic E-state index is 12.9. The fraction of sp³-hybridized carbons (Fsp3) is 0.318. The minimum absolute atomic E-state index is 0.0615. The molecule has 7 heteroatoms. The smallest absolute Gasteiger partial charge is 0.198 e. The molecule has 1 heterocycles. The summed E-state index contributed by atoms with van der Waals surface area (Å²) in [5.41, 5.74) is -0.999. The topological polar surface area (TPSA) is 110 Å². The highest BCUT2D eigenvalue weighted by molar-refractivity contribution is 6.30. The number of benzene rings is 2. The first-order valence-electron chi connectivity index (χ1n) is 9.25. The van der Waals surface area contributed by atoms with Crippen molar-refractivity contribution in [2.45, 2.75) is 38.1 Å². The second-order valence-corrected chi connectivity index (χ2v) is 7.83. The largest absolute Gasteiger partial charge is 0.507 e. The van der Waals surface area contributed by atoms with Crippen LogP contribution in [0.5, 0.6) is 11.5 Å². The number of phenols is 2. The van der Waals surface area contributed by atoms with Crippen LogP contribution >= 0.6 is 0 Å². The number of aryl methyl sites for hydroxylation is 1. The summed E-state index contributed by atoms with van der Waals surface area (Å²) in [6.45, 7) is 3.45. The number of carbonyl (C=O) groups is 3. The number of phenolic OH excluding ortho intramolecular Hbond substituents is 2. The minimum Gasteiger partial charge on any atom is -0.507 e. The van der Waals surface area contributed by atoms with E-state index in [4.69, 9.17) is 9.47 Å². The van der Waals surface area contributed by atoms with E-state index in [9.17, 15) is 24.6 Å². The monoisotopic (exact) mass is 396 g/mol. The molecular formula is C22H20O7.